The van der Waals surface area contributed by atoms with Gasteiger partial charge in [0.15, 0.2) is 29.5 Å². The van der Waals surface area contributed by atoms with Gasteiger partial charge in [-0.2, -0.15) is 0 Å². The fraction of sp³-hybridized carbons (Fsp3) is 0.803. The van der Waals surface area contributed by atoms with E-state index in [2.05, 4.69) is 55.4 Å². The van der Waals surface area contributed by atoms with Crippen LogP contribution in [0.15, 0.2) is 39.5 Å². The first-order valence-electron chi connectivity index (χ1n) is 57.2. The molecule has 0 spiro atoms. The second-order valence-corrected chi connectivity index (χ2v) is 39.8. The van der Waals surface area contributed by atoms with E-state index in [1.54, 1.807) is 0 Å². The number of fused-ring (bicyclic) bond motifs is 1. The van der Waals surface area contributed by atoms with Crippen molar-refractivity contribution >= 4 is 58.7 Å². The van der Waals surface area contributed by atoms with Gasteiger partial charge in [0, 0.05) is 69.1 Å². The molecule has 5 atom stereocenters. The number of hydrogen-bond donors (Lipinski definition) is 0. The second kappa shape index (κ2) is 83.8. The van der Waals surface area contributed by atoms with Crippen LogP contribution in [0, 0.1) is 0 Å². The van der Waals surface area contributed by atoms with Gasteiger partial charge in [-0.05, 0) is 69.6 Å². The SMILES string of the molecule is CCCCCCCCCCCC(=O)OC[C@H]1O[C@@H](Oc2ccc(-c3oc4cc(OC(=O)CCCCCCCCCCC)cc(OC(=O)CCCCCCCCCCC)c4c(=O)c3OC(=O)CCCCCCCCCCC)cc2OC(=O)CCCCCCCCCCC)[C@H](OC(=O)CCCCCCCCCCC)[C@@H](OC(=O)CCCCCCCCCCC)[C@@H]1OC(=O)CCCCCCCCCCC. The summed E-state index contributed by atoms with van der Waals surface area (Å²) in [4.78, 5) is 133. The molecule has 0 bridgehead atoms. The van der Waals surface area contributed by atoms with Gasteiger partial charge < -0.3 is 51.8 Å². The molecule has 0 unspecified atom stereocenters. The van der Waals surface area contributed by atoms with Crippen LogP contribution in [0.25, 0.3) is 22.3 Å². The minimum absolute atomic E-state index is 0.0132. The molecule has 0 saturated carbocycles. The van der Waals surface area contributed by atoms with Crippen molar-refractivity contribution in [2.75, 3.05) is 6.61 Å². The van der Waals surface area contributed by atoms with E-state index in [4.69, 9.17) is 51.8 Å². The largest absolute Gasteiger partial charge is 0.463 e. The molecule has 3 aromatic rings. The molecule has 784 valence electrons. The zero-order valence-electron chi connectivity index (χ0n) is 88.2. The first-order chi connectivity index (χ1) is 67.0. The van der Waals surface area contributed by atoms with Gasteiger partial charge in [0.2, 0.25) is 23.6 Å². The summed E-state index contributed by atoms with van der Waals surface area (Å²) in [6.45, 7) is 17.1. The number of rotatable bonds is 92. The van der Waals surface area contributed by atoms with Crippen molar-refractivity contribution in [2.45, 2.75) is 600 Å². The van der Waals surface area contributed by atoms with Gasteiger partial charge >= 0.3 is 47.8 Å². The number of benzene rings is 2. The smallest absolute Gasteiger partial charge is 0.311 e. The normalized spacial score (nSPS) is 14.8. The van der Waals surface area contributed by atoms with E-state index in [0.29, 0.717) is 51.4 Å². The number of hydrogen-bond acceptors (Lipinski definition) is 20. The van der Waals surface area contributed by atoms with Crippen molar-refractivity contribution in [3.8, 4) is 40.1 Å². The lowest BCUT2D eigenvalue weighted by Gasteiger charge is -2.44. The van der Waals surface area contributed by atoms with Crippen molar-refractivity contribution < 1.29 is 90.1 Å². The van der Waals surface area contributed by atoms with Gasteiger partial charge in [0.1, 0.15) is 35.2 Å². The van der Waals surface area contributed by atoms with Gasteiger partial charge in [-0.3, -0.25) is 43.2 Å². The summed E-state index contributed by atoms with van der Waals surface area (Å²) in [5, 5.41) is -0.251. The van der Waals surface area contributed by atoms with Crippen molar-refractivity contribution in [1.82, 2.24) is 0 Å². The third kappa shape index (κ3) is 59.6. The lowest BCUT2D eigenvalue weighted by Crippen LogP contribution is -2.63. The number of esters is 8. The van der Waals surface area contributed by atoms with Gasteiger partial charge in [-0.25, -0.2) is 0 Å². The Labute approximate surface area is 831 Å². The number of unbranched alkanes of at least 4 members (excludes halogenated alkanes) is 64. The van der Waals surface area contributed by atoms with Crippen molar-refractivity contribution in [3.05, 3.63) is 40.6 Å². The third-order valence-corrected chi connectivity index (χ3v) is 26.9. The molecule has 1 aliphatic rings. The van der Waals surface area contributed by atoms with E-state index in [1.807, 2.05) is 0 Å². The van der Waals surface area contributed by atoms with Crippen LogP contribution in [0.2, 0.25) is 0 Å². The molecule has 137 heavy (non-hydrogen) atoms. The summed E-state index contributed by atoms with van der Waals surface area (Å²) in [5.41, 5.74) is -1.03. The van der Waals surface area contributed by atoms with Crippen LogP contribution in [0.1, 0.15) is 569 Å². The van der Waals surface area contributed by atoms with Crippen LogP contribution in [-0.2, 0) is 62.0 Å². The average molecular weight is 1920 g/mol. The topological polar surface area (TPSA) is 259 Å². The van der Waals surface area contributed by atoms with Gasteiger partial charge in [0.05, 0.1) is 0 Å². The summed E-state index contributed by atoms with van der Waals surface area (Å²) in [5.74, 6) is -6.58. The third-order valence-electron chi connectivity index (χ3n) is 26.9. The van der Waals surface area contributed by atoms with Crippen LogP contribution < -0.4 is 29.1 Å². The first-order valence-corrected chi connectivity index (χ1v) is 57.2. The highest BCUT2D eigenvalue weighted by molar-refractivity contribution is 5.92. The Balaban J connectivity index is 2.07. The molecule has 2 aromatic carbocycles. The molecule has 1 aliphatic heterocycles. The van der Waals surface area contributed by atoms with Gasteiger partial charge in [-0.1, -0.05) is 466 Å². The van der Waals surface area contributed by atoms with Crippen LogP contribution in [0.4, 0.5) is 0 Å². The Morgan fingerprint density at radius 2 is 0.533 bits per heavy atom. The van der Waals surface area contributed by atoms with E-state index >= 15 is 4.79 Å². The summed E-state index contributed by atoms with van der Waals surface area (Å²) < 4.78 is 72.2. The Morgan fingerprint density at radius 3 is 0.861 bits per heavy atom. The first kappa shape index (κ1) is 122. The molecule has 0 amide bonds. The van der Waals surface area contributed by atoms with Crippen molar-refractivity contribution in [2.24, 2.45) is 0 Å². The summed E-state index contributed by atoms with van der Waals surface area (Å²) in [7, 11) is 0. The lowest BCUT2D eigenvalue weighted by molar-refractivity contribution is -0.289. The highest BCUT2D eigenvalue weighted by Gasteiger charge is 2.54. The fourth-order valence-electron chi connectivity index (χ4n) is 18.3. The molecule has 1 saturated heterocycles. The highest BCUT2D eigenvalue weighted by atomic mass is 16.7. The van der Waals surface area contributed by atoms with Crippen LogP contribution >= 0.6 is 0 Å². The average Bonchev–Trinajstić information content (AvgIpc) is 0.753. The minimum atomic E-state index is -1.78. The molecule has 20 nitrogen and oxygen atoms in total. The molecule has 0 radical (unpaired) electrons. The molecule has 0 N–H and O–H groups in total. The lowest BCUT2D eigenvalue weighted by atomic mass is 9.97. The maximum Gasteiger partial charge on any atom is 0.311 e. The van der Waals surface area contributed by atoms with Crippen molar-refractivity contribution in [3.63, 3.8) is 0 Å². The Hall–Kier alpha value is -6.83. The van der Waals surface area contributed by atoms with Crippen LogP contribution in [0.5, 0.6) is 28.7 Å². The molecule has 4 rings (SSSR count). The Bertz CT molecular complexity index is 3660. The van der Waals surface area contributed by atoms with Gasteiger partial charge in [0.25, 0.3) is 0 Å². The summed E-state index contributed by atoms with van der Waals surface area (Å²) in [6, 6.07) is 7.09. The zero-order valence-corrected chi connectivity index (χ0v) is 88.2. The monoisotopic (exact) mass is 1920 g/mol. The molecule has 1 fully saturated rings. The number of carbonyl (C=O) groups is 8. The molecule has 20 heteroatoms. The van der Waals surface area contributed by atoms with E-state index in [1.165, 1.54) is 159 Å². The maximum atomic E-state index is 16.0. The summed E-state index contributed by atoms with van der Waals surface area (Å²) >= 11 is 0. The maximum absolute atomic E-state index is 16.0. The highest BCUT2D eigenvalue weighted by Crippen LogP contribution is 2.43. The minimum Gasteiger partial charge on any atom is -0.463 e. The second-order valence-electron chi connectivity index (χ2n) is 39.8. The van der Waals surface area contributed by atoms with Crippen LogP contribution in [0.3, 0.4) is 0 Å². The standard InChI is InChI=1S/C117H196O20/c1-9-17-25-33-41-49-57-65-73-81-102(118)127-94-101-113(134-106(122)85-77-69-61-53-45-37-29-21-13-5)115(136-108(124)87-79-71-63-55-47-39-31-23-15-7)116(137-109(125)88-80-72-64-56-48-40-32-24-16-8)117(133-101)132-97-90-89-95(91-98(97)129-104(120)83-75-67-59-51-43-35-27-19-11-3)112-114(135-107(123)86-78-70-62-54-46-38-30-22-14-6)111(126)110-99(130-105(121)84-76-68-60-52-44-36-28-20-12-4)92-96(93-100(110)131-112)128-103(119)82-74-66-58-50-42-34-26-18-10-2/h89-93,101,113,115-117H,9-88,94H2,1-8H3/t101-,113-,115+,116-,117-/m1/s1. The van der Waals surface area contributed by atoms with Crippen molar-refractivity contribution in [1.29, 1.82) is 0 Å². The van der Waals surface area contributed by atoms with Crippen LogP contribution in [-0.4, -0.2) is 85.1 Å². The number of carbonyl (C=O) groups excluding carboxylic acids is 8. The Kier molecular flexibility index (Phi) is 74.9. The predicted octanol–water partition coefficient (Wildman–Crippen LogP) is 33.8. The zero-order chi connectivity index (χ0) is 98.9. The fourth-order valence-corrected chi connectivity index (χ4v) is 18.3. The number of ether oxygens (including phenoxy) is 10. The Morgan fingerprint density at radius 1 is 0.263 bits per heavy atom. The quantitative estimate of drug-likeness (QED) is 0.0220. The molecular formula is C117H196O20. The van der Waals surface area contributed by atoms with E-state index in [-0.39, 0.29) is 96.7 Å². The predicted molar refractivity (Wildman–Crippen MR) is 555 cm³/mol. The molecule has 2 heterocycles. The molecule has 1 aromatic heterocycles. The van der Waals surface area contributed by atoms with Gasteiger partial charge in [-0.15, -0.1) is 0 Å². The van der Waals surface area contributed by atoms with E-state index < -0.39 is 96.2 Å². The molecule has 0 aliphatic carbocycles. The van der Waals surface area contributed by atoms with E-state index in [0.717, 1.165) is 283 Å². The molecular weight excluding hydrogens is 1730 g/mol. The summed E-state index contributed by atoms with van der Waals surface area (Å²) in [6.07, 6.45) is 64.5. The van der Waals surface area contributed by atoms with E-state index in [9.17, 15) is 38.4 Å².